The molecule has 0 amide bonds. The SMILES string of the molecule is CCOc1ccccc1OCCN.Cc1ccc(S(=O)(=O)O)cc1. The van der Waals surface area contributed by atoms with Gasteiger partial charge in [0.15, 0.2) is 11.5 Å². The summed E-state index contributed by atoms with van der Waals surface area (Å²) in [7, 11) is -4.02. The van der Waals surface area contributed by atoms with Crippen LogP contribution >= 0.6 is 0 Å². The highest BCUT2D eigenvalue weighted by molar-refractivity contribution is 7.85. The lowest BCUT2D eigenvalue weighted by molar-refractivity contribution is 0.282. The summed E-state index contributed by atoms with van der Waals surface area (Å²) >= 11 is 0. The average Bonchev–Trinajstić information content (AvgIpc) is 2.54. The molecular weight excluding hydrogens is 330 g/mol. The van der Waals surface area contributed by atoms with Gasteiger partial charge in [-0.15, -0.1) is 0 Å². The summed E-state index contributed by atoms with van der Waals surface area (Å²) in [5.74, 6) is 1.54. The maximum absolute atomic E-state index is 10.5. The number of nitrogens with two attached hydrogens (primary N) is 1. The zero-order valence-corrected chi connectivity index (χ0v) is 14.6. The van der Waals surface area contributed by atoms with E-state index >= 15 is 0 Å². The lowest BCUT2D eigenvalue weighted by Gasteiger charge is -2.10. The van der Waals surface area contributed by atoms with E-state index in [1.54, 1.807) is 12.1 Å². The Morgan fingerprint density at radius 1 is 1.00 bits per heavy atom. The Kier molecular flexibility index (Phi) is 8.25. The minimum atomic E-state index is -4.02. The maximum atomic E-state index is 10.5. The minimum absolute atomic E-state index is 0.0666. The summed E-state index contributed by atoms with van der Waals surface area (Å²) in [5, 5.41) is 0. The highest BCUT2D eigenvalue weighted by Gasteiger charge is 2.06. The Morgan fingerprint density at radius 2 is 1.54 bits per heavy atom. The van der Waals surface area contributed by atoms with E-state index < -0.39 is 10.1 Å². The van der Waals surface area contributed by atoms with Crippen molar-refractivity contribution in [2.75, 3.05) is 19.8 Å². The van der Waals surface area contributed by atoms with Gasteiger partial charge in [-0.25, -0.2) is 0 Å². The van der Waals surface area contributed by atoms with Crippen molar-refractivity contribution in [2.24, 2.45) is 5.73 Å². The molecular formula is C17H23NO5S. The topological polar surface area (TPSA) is 98.9 Å². The van der Waals surface area contributed by atoms with Gasteiger partial charge in [-0.3, -0.25) is 4.55 Å². The van der Waals surface area contributed by atoms with E-state index in [0.29, 0.717) is 19.8 Å². The van der Waals surface area contributed by atoms with Gasteiger partial charge in [0.2, 0.25) is 0 Å². The van der Waals surface area contributed by atoms with Crippen LogP contribution in [0.1, 0.15) is 12.5 Å². The van der Waals surface area contributed by atoms with E-state index in [0.717, 1.165) is 17.1 Å². The molecule has 7 heteroatoms. The fourth-order valence-electron chi connectivity index (χ4n) is 1.72. The molecule has 6 nitrogen and oxygen atoms in total. The largest absolute Gasteiger partial charge is 0.490 e. The predicted octanol–water partition coefficient (Wildman–Crippen LogP) is 2.66. The predicted molar refractivity (Wildman–Crippen MR) is 93.2 cm³/mol. The van der Waals surface area contributed by atoms with Crippen molar-refractivity contribution in [3.05, 3.63) is 54.1 Å². The van der Waals surface area contributed by atoms with Gasteiger partial charge in [0.05, 0.1) is 11.5 Å². The summed E-state index contributed by atoms with van der Waals surface area (Å²) < 4.78 is 40.3. The summed E-state index contributed by atoms with van der Waals surface area (Å²) in [6.45, 7) is 5.46. The van der Waals surface area contributed by atoms with Crippen LogP contribution in [0.15, 0.2) is 53.4 Å². The van der Waals surface area contributed by atoms with Crippen LogP contribution in [0.3, 0.4) is 0 Å². The van der Waals surface area contributed by atoms with Crippen molar-refractivity contribution in [1.29, 1.82) is 0 Å². The summed E-state index contributed by atoms with van der Waals surface area (Å²) in [6.07, 6.45) is 0. The van der Waals surface area contributed by atoms with Gasteiger partial charge in [0, 0.05) is 6.54 Å². The Bertz CT molecular complexity index is 714. The zero-order chi connectivity index (χ0) is 18.0. The molecule has 2 aromatic rings. The van der Waals surface area contributed by atoms with Crippen LogP contribution < -0.4 is 15.2 Å². The highest BCUT2D eigenvalue weighted by Crippen LogP contribution is 2.25. The maximum Gasteiger partial charge on any atom is 0.294 e. The summed E-state index contributed by atoms with van der Waals surface area (Å²) in [5.41, 5.74) is 6.29. The number of aryl methyl sites for hydroxylation is 1. The molecule has 0 fully saturated rings. The van der Waals surface area contributed by atoms with Crippen LogP contribution in [0.5, 0.6) is 11.5 Å². The number of para-hydroxylation sites is 2. The lowest BCUT2D eigenvalue weighted by Crippen LogP contribution is -2.11. The molecule has 0 aliphatic heterocycles. The number of hydrogen-bond donors (Lipinski definition) is 2. The van der Waals surface area contributed by atoms with Crippen LogP contribution in [0.2, 0.25) is 0 Å². The van der Waals surface area contributed by atoms with Crippen LogP contribution in [0, 0.1) is 6.92 Å². The third-order valence-electron chi connectivity index (χ3n) is 2.84. The fourth-order valence-corrected chi connectivity index (χ4v) is 2.20. The van der Waals surface area contributed by atoms with E-state index in [4.69, 9.17) is 19.8 Å². The van der Waals surface area contributed by atoms with Gasteiger partial charge in [0.1, 0.15) is 6.61 Å². The van der Waals surface area contributed by atoms with E-state index in [-0.39, 0.29) is 4.90 Å². The smallest absolute Gasteiger partial charge is 0.294 e. The van der Waals surface area contributed by atoms with E-state index in [1.807, 2.05) is 38.1 Å². The molecule has 0 unspecified atom stereocenters. The normalized spacial score (nSPS) is 10.5. The van der Waals surface area contributed by atoms with E-state index in [2.05, 4.69) is 0 Å². The van der Waals surface area contributed by atoms with Crippen molar-refractivity contribution >= 4 is 10.1 Å². The molecule has 0 spiro atoms. The van der Waals surface area contributed by atoms with Crippen LogP contribution in [0.25, 0.3) is 0 Å². The second-order valence-corrected chi connectivity index (χ2v) is 6.23. The van der Waals surface area contributed by atoms with Crippen molar-refractivity contribution in [3.63, 3.8) is 0 Å². The number of benzene rings is 2. The van der Waals surface area contributed by atoms with Gasteiger partial charge in [0.25, 0.3) is 10.1 Å². The number of rotatable bonds is 6. The van der Waals surface area contributed by atoms with Crippen LogP contribution in [-0.2, 0) is 10.1 Å². The molecule has 0 aliphatic rings. The van der Waals surface area contributed by atoms with Crippen molar-refractivity contribution in [2.45, 2.75) is 18.7 Å². The van der Waals surface area contributed by atoms with Crippen molar-refractivity contribution in [1.82, 2.24) is 0 Å². The molecule has 0 aliphatic carbocycles. The zero-order valence-electron chi connectivity index (χ0n) is 13.8. The Balaban J connectivity index is 0.000000243. The second kappa shape index (κ2) is 9.92. The van der Waals surface area contributed by atoms with Crippen molar-refractivity contribution < 1.29 is 22.4 Å². The van der Waals surface area contributed by atoms with Crippen LogP contribution in [0.4, 0.5) is 0 Å². The first-order valence-electron chi connectivity index (χ1n) is 7.47. The minimum Gasteiger partial charge on any atom is -0.490 e. The first-order valence-corrected chi connectivity index (χ1v) is 8.91. The quantitative estimate of drug-likeness (QED) is 0.775. The first-order chi connectivity index (χ1) is 11.4. The molecule has 24 heavy (non-hydrogen) atoms. The Morgan fingerprint density at radius 3 is 2.00 bits per heavy atom. The monoisotopic (exact) mass is 353 g/mol. The molecule has 0 atom stereocenters. The molecule has 0 heterocycles. The molecule has 0 bridgehead atoms. The summed E-state index contributed by atoms with van der Waals surface area (Å²) in [4.78, 5) is -0.0666. The van der Waals surface area contributed by atoms with E-state index in [9.17, 15) is 8.42 Å². The van der Waals surface area contributed by atoms with Gasteiger partial charge in [-0.1, -0.05) is 29.8 Å². The van der Waals surface area contributed by atoms with Gasteiger partial charge in [-0.2, -0.15) is 8.42 Å². The van der Waals surface area contributed by atoms with E-state index in [1.165, 1.54) is 12.1 Å². The second-order valence-electron chi connectivity index (χ2n) is 4.81. The third-order valence-corrected chi connectivity index (χ3v) is 3.71. The molecule has 0 saturated carbocycles. The van der Waals surface area contributed by atoms with Crippen LogP contribution in [-0.4, -0.2) is 32.7 Å². The molecule has 0 aromatic heterocycles. The molecule has 2 aromatic carbocycles. The van der Waals surface area contributed by atoms with Gasteiger partial charge >= 0.3 is 0 Å². The lowest BCUT2D eigenvalue weighted by atomic mass is 10.2. The van der Waals surface area contributed by atoms with Crippen molar-refractivity contribution in [3.8, 4) is 11.5 Å². The molecule has 0 radical (unpaired) electrons. The van der Waals surface area contributed by atoms with Gasteiger partial charge in [-0.05, 0) is 38.1 Å². The molecule has 3 N–H and O–H groups in total. The Hall–Kier alpha value is -2.09. The Labute approximate surface area is 143 Å². The highest BCUT2D eigenvalue weighted by atomic mass is 32.2. The number of hydrogen-bond acceptors (Lipinski definition) is 5. The first kappa shape index (κ1) is 20.0. The number of ether oxygens (including phenoxy) is 2. The summed E-state index contributed by atoms with van der Waals surface area (Å²) in [6, 6.07) is 13.6. The standard InChI is InChI=1S/C10H15NO2.C7H8O3S/c1-2-12-9-5-3-4-6-10(9)13-8-7-11;1-6-2-4-7(5-3-6)11(8,9)10/h3-6H,2,7-8,11H2,1H3;2-5H,1H3,(H,8,9,10). The molecule has 132 valence electrons. The van der Waals surface area contributed by atoms with Gasteiger partial charge < -0.3 is 15.2 Å². The average molecular weight is 353 g/mol. The third kappa shape index (κ3) is 6.99. The fraction of sp³-hybridized carbons (Fsp3) is 0.294. The molecule has 0 saturated heterocycles. The molecule has 2 rings (SSSR count).